The van der Waals surface area contributed by atoms with Gasteiger partial charge in [-0.3, -0.25) is 9.78 Å². The lowest BCUT2D eigenvalue weighted by Gasteiger charge is -2.14. The molecule has 7 nitrogen and oxygen atoms in total. The Morgan fingerprint density at radius 2 is 2.00 bits per heavy atom. The van der Waals surface area contributed by atoms with Crippen molar-refractivity contribution in [2.75, 3.05) is 13.2 Å². The van der Waals surface area contributed by atoms with E-state index in [1.807, 2.05) is 44.2 Å². The van der Waals surface area contributed by atoms with E-state index in [1.165, 1.54) is 0 Å². The third-order valence-corrected chi connectivity index (χ3v) is 4.34. The van der Waals surface area contributed by atoms with Gasteiger partial charge in [0, 0.05) is 18.6 Å². The predicted molar refractivity (Wildman–Crippen MR) is 107 cm³/mol. The van der Waals surface area contributed by atoms with Crippen molar-refractivity contribution in [1.29, 1.82) is 0 Å². The average Bonchev–Trinajstić information content (AvgIpc) is 3.09. The Balaban J connectivity index is 1.57. The number of hydrogen-bond acceptors (Lipinski definition) is 6. The highest BCUT2D eigenvalue weighted by Gasteiger charge is 2.17. The number of aromatic nitrogens is 2. The molecule has 0 amide bonds. The molecule has 3 rings (SSSR count). The van der Waals surface area contributed by atoms with Crippen LogP contribution in [0.15, 0.2) is 53.1 Å². The number of carboxylic acid groups (broad SMARTS) is 1. The third-order valence-electron chi connectivity index (χ3n) is 4.34. The summed E-state index contributed by atoms with van der Waals surface area (Å²) in [5.41, 5.74) is 2.36. The molecular weight excluding hydrogens is 372 g/mol. The molecule has 0 spiro atoms. The molecule has 0 fully saturated rings. The molecule has 29 heavy (non-hydrogen) atoms. The molecule has 0 aliphatic heterocycles. The zero-order valence-electron chi connectivity index (χ0n) is 16.5. The van der Waals surface area contributed by atoms with E-state index < -0.39 is 12.1 Å². The van der Waals surface area contributed by atoms with Gasteiger partial charge in [-0.25, -0.2) is 4.98 Å². The van der Waals surface area contributed by atoms with Crippen LogP contribution in [-0.4, -0.2) is 34.3 Å². The lowest BCUT2D eigenvalue weighted by atomic mass is 10.1. The van der Waals surface area contributed by atoms with Gasteiger partial charge in [0.05, 0.1) is 30.6 Å². The molecule has 2 heterocycles. The normalized spacial score (nSPS) is 11.9. The quantitative estimate of drug-likeness (QED) is 0.548. The van der Waals surface area contributed by atoms with Gasteiger partial charge < -0.3 is 19.0 Å². The number of ether oxygens (including phenoxy) is 2. The maximum absolute atomic E-state index is 11.0. The summed E-state index contributed by atoms with van der Waals surface area (Å²) in [5.74, 6) is 1.05. The molecule has 0 saturated heterocycles. The summed E-state index contributed by atoms with van der Waals surface area (Å²) in [6.07, 6.45) is 1.48. The predicted octanol–water partition coefficient (Wildman–Crippen LogP) is 4.22. The maximum Gasteiger partial charge on any atom is 0.306 e. The van der Waals surface area contributed by atoms with Gasteiger partial charge in [-0.1, -0.05) is 18.2 Å². The van der Waals surface area contributed by atoms with E-state index in [4.69, 9.17) is 19.0 Å². The van der Waals surface area contributed by atoms with Crippen molar-refractivity contribution in [3.05, 3.63) is 65.8 Å². The minimum absolute atomic E-state index is 0.129. The van der Waals surface area contributed by atoms with Crippen LogP contribution in [0.4, 0.5) is 0 Å². The summed E-state index contributed by atoms with van der Waals surface area (Å²) < 4.78 is 17.0. The Hall–Kier alpha value is -3.19. The van der Waals surface area contributed by atoms with Gasteiger partial charge in [0.1, 0.15) is 17.6 Å². The summed E-state index contributed by atoms with van der Waals surface area (Å²) in [7, 11) is 0. The molecule has 1 N–H and O–H groups in total. The Morgan fingerprint density at radius 1 is 1.21 bits per heavy atom. The summed E-state index contributed by atoms with van der Waals surface area (Å²) in [4.78, 5) is 19.8. The first-order valence-corrected chi connectivity index (χ1v) is 9.50. The monoisotopic (exact) mass is 396 g/mol. The van der Waals surface area contributed by atoms with Gasteiger partial charge in [0.2, 0.25) is 5.89 Å². The van der Waals surface area contributed by atoms with Crippen molar-refractivity contribution in [2.24, 2.45) is 0 Å². The van der Waals surface area contributed by atoms with Crippen molar-refractivity contribution in [2.45, 2.75) is 32.8 Å². The highest BCUT2D eigenvalue weighted by molar-refractivity contribution is 5.67. The SMILES string of the molecule is CCOC(CC(=O)O)c1ccc(OCCc2nc(-c3ccccc3)oc2C)cn1. The van der Waals surface area contributed by atoms with Gasteiger partial charge in [0.25, 0.3) is 0 Å². The molecule has 1 unspecified atom stereocenters. The highest BCUT2D eigenvalue weighted by atomic mass is 16.5. The van der Waals surface area contributed by atoms with Crippen molar-refractivity contribution >= 4 is 5.97 Å². The van der Waals surface area contributed by atoms with E-state index in [1.54, 1.807) is 18.3 Å². The van der Waals surface area contributed by atoms with Crippen LogP contribution in [0.5, 0.6) is 5.75 Å². The minimum Gasteiger partial charge on any atom is -0.492 e. The molecule has 152 valence electrons. The summed E-state index contributed by atoms with van der Waals surface area (Å²) in [6, 6.07) is 13.2. The van der Waals surface area contributed by atoms with Crippen molar-refractivity contribution in [3.8, 4) is 17.2 Å². The van der Waals surface area contributed by atoms with Crippen LogP contribution in [0.3, 0.4) is 0 Å². The first-order chi connectivity index (χ1) is 14.1. The Kier molecular flexibility index (Phi) is 6.97. The smallest absolute Gasteiger partial charge is 0.306 e. The van der Waals surface area contributed by atoms with E-state index in [2.05, 4.69) is 9.97 Å². The number of carbonyl (C=O) groups is 1. The van der Waals surface area contributed by atoms with Crippen LogP contribution in [0.2, 0.25) is 0 Å². The highest BCUT2D eigenvalue weighted by Crippen LogP contribution is 2.23. The second kappa shape index (κ2) is 9.84. The maximum atomic E-state index is 11.0. The van der Waals surface area contributed by atoms with Crippen LogP contribution in [0.25, 0.3) is 11.5 Å². The van der Waals surface area contributed by atoms with Crippen LogP contribution in [-0.2, 0) is 16.0 Å². The molecule has 3 aromatic rings. The standard InChI is InChI=1S/C22H24N2O5/c1-3-27-20(13-21(25)26)19-10-9-17(14-23-19)28-12-11-18-15(2)29-22(24-18)16-7-5-4-6-8-16/h4-10,14,20H,3,11-13H2,1-2H3,(H,25,26). The summed E-state index contributed by atoms with van der Waals surface area (Å²) in [5, 5.41) is 9.00. The molecule has 0 radical (unpaired) electrons. The van der Waals surface area contributed by atoms with Crippen LogP contribution < -0.4 is 4.74 Å². The average molecular weight is 396 g/mol. The van der Waals surface area contributed by atoms with E-state index >= 15 is 0 Å². The third kappa shape index (κ3) is 5.65. The Bertz CT molecular complexity index is 922. The zero-order valence-corrected chi connectivity index (χ0v) is 16.5. The van der Waals surface area contributed by atoms with Gasteiger partial charge in [0.15, 0.2) is 0 Å². The van der Waals surface area contributed by atoms with Crippen molar-refractivity contribution in [3.63, 3.8) is 0 Å². The number of aliphatic carboxylic acids is 1. The van der Waals surface area contributed by atoms with Crippen LogP contribution in [0.1, 0.15) is 36.6 Å². The number of nitrogens with zero attached hydrogens (tertiary/aromatic N) is 2. The summed E-state index contributed by atoms with van der Waals surface area (Å²) >= 11 is 0. The number of rotatable bonds is 10. The number of carboxylic acids is 1. The molecule has 0 aliphatic carbocycles. The van der Waals surface area contributed by atoms with Crippen molar-refractivity contribution in [1.82, 2.24) is 9.97 Å². The number of benzene rings is 1. The van der Waals surface area contributed by atoms with E-state index in [0.29, 0.717) is 37.0 Å². The largest absolute Gasteiger partial charge is 0.492 e. The fraction of sp³-hybridized carbons (Fsp3) is 0.318. The van der Waals surface area contributed by atoms with Crippen molar-refractivity contribution < 1.29 is 23.8 Å². The van der Waals surface area contributed by atoms with Gasteiger partial charge in [-0.15, -0.1) is 0 Å². The fourth-order valence-electron chi connectivity index (χ4n) is 2.91. The first-order valence-electron chi connectivity index (χ1n) is 9.50. The lowest BCUT2D eigenvalue weighted by molar-refractivity contribution is -0.140. The molecule has 0 bridgehead atoms. The molecule has 0 aliphatic rings. The van der Waals surface area contributed by atoms with E-state index in [0.717, 1.165) is 17.0 Å². The lowest BCUT2D eigenvalue weighted by Crippen LogP contribution is -2.11. The molecule has 1 atom stereocenters. The zero-order chi connectivity index (χ0) is 20.6. The Labute approximate surface area is 169 Å². The number of pyridine rings is 1. The molecule has 7 heteroatoms. The molecule has 0 saturated carbocycles. The van der Waals surface area contributed by atoms with E-state index in [9.17, 15) is 4.79 Å². The fourth-order valence-corrected chi connectivity index (χ4v) is 2.91. The Morgan fingerprint density at radius 3 is 2.66 bits per heavy atom. The number of oxazole rings is 1. The topological polar surface area (TPSA) is 94.7 Å². The van der Waals surface area contributed by atoms with Gasteiger partial charge in [-0.2, -0.15) is 0 Å². The molecular formula is C22H24N2O5. The van der Waals surface area contributed by atoms with E-state index in [-0.39, 0.29) is 6.42 Å². The second-order valence-corrected chi connectivity index (χ2v) is 6.45. The van der Waals surface area contributed by atoms with Crippen LogP contribution >= 0.6 is 0 Å². The minimum atomic E-state index is -0.927. The van der Waals surface area contributed by atoms with Crippen LogP contribution in [0, 0.1) is 6.92 Å². The molecule has 1 aromatic carbocycles. The first kappa shape index (κ1) is 20.5. The number of aryl methyl sites for hydroxylation is 1. The van der Waals surface area contributed by atoms with Gasteiger partial charge in [-0.05, 0) is 38.1 Å². The molecule has 2 aromatic heterocycles. The number of hydrogen-bond donors (Lipinski definition) is 1. The second-order valence-electron chi connectivity index (χ2n) is 6.45. The van der Waals surface area contributed by atoms with Gasteiger partial charge >= 0.3 is 5.97 Å². The summed E-state index contributed by atoms with van der Waals surface area (Å²) in [6.45, 7) is 4.55.